The molecule has 6 heteroatoms. The first kappa shape index (κ1) is 49.9. The minimum absolute atomic E-state index is 0.0721. The second-order valence-electron chi connectivity index (χ2n) is 15.0. The first-order valence-corrected chi connectivity index (χ1v) is 22.3. The van der Waals surface area contributed by atoms with Crippen molar-refractivity contribution in [2.24, 2.45) is 0 Å². The minimum Gasteiger partial charge on any atom is -0.462 e. The molecule has 0 aliphatic heterocycles. The van der Waals surface area contributed by atoms with Crippen molar-refractivity contribution in [2.45, 2.75) is 239 Å². The molecule has 0 rings (SSSR count). The maximum atomic E-state index is 12.7. The molecule has 1 unspecified atom stereocenters. The van der Waals surface area contributed by atoms with Crippen LogP contribution >= 0.6 is 0 Å². The van der Waals surface area contributed by atoms with Gasteiger partial charge in [0.1, 0.15) is 13.2 Å². The summed E-state index contributed by atoms with van der Waals surface area (Å²) in [7, 11) is 0. The lowest BCUT2D eigenvalue weighted by atomic mass is 10.1. The maximum Gasteiger partial charge on any atom is 0.306 e. The number of ether oxygens (including phenoxy) is 3. The van der Waals surface area contributed by atoms with Crippen LogP contribution in [0.4, 0.5) is 0 Å². The Kier molecular flexibility index (Phi) is 40.0. The van der Waals surface area contributed by atoms with Gasteiger partial charge in [-0.1, -0.05) is 193 Å². The summed E-state index contributed by atoms with van der Waals surface area (Å²) in [4.78, 5) is 37.6. The Balaban J connectivity index is 4.37. The Labute approximate surface area is 322 Å². The van der Waals surface area contributed by atoms with Gasteiger partial charge in [-0.05, 0) is 44.9 Å². The number of hydrogen-bond donors (Lipinski definition) is 0. The van der Waals surface area contributed by atoms with Crippen molar-refractivity contribution in [2.75, 3.05) is 13.2 Å². The Morgan fingerprint density at radius 3 is 1.13 bits per heavy atom. The van der Waals surface area contributed by atoms with Crippen LogP contribution in [0.5, 0.6) is 0 Å². The van der Waals surface area contributed by atoms with Gasteiger partial charge in [-0.2, -0.15) is 0 Å². The van der Waals surface area contributed by atoms with E-state index in [0.29, 0.717) is 19.3 Å². The summed E-state index contributed by atoms with van der Waals surface area (Å²) in [5.74, 6) is -0.885. The van der Waals surface area contributed by atoms with E-state index in [0.717, 1.165) is 83.5 Å². The summed E-state index contributed by atoms with van der Waals surface area (Å²) in [5.41, 5.74) is 0. The number of unbranched alkanes of at least 4 members (excludes halogenated alkanes) is 25. The van der Waals surface area contributed by atoms with Gasteiger partial charge in [-0.3, -0.25) is 14.4 Å². The summed E-state index contributed by atoms with van der Waals surface area (Å²) in [6.45, 7) is 6.54. The monoisotopic (exact) mass is 733 g/mol. The molecule has 0 aromatic carbocycles. The summed E-state index contributed by atoms with van der Waals surface area (Å²) in [6, 6.07) is 0. The first-order chi connectivity index (χ1) is 25.5. The minimum atomic E-state index is -0.768. The number of allylic oxidation sites excluding steroid dienone is 4. The van der Waals surface area contributed by atoms with Crippen molar-refractivity contribution in [3.05, 3.63) is 24.3 Å². The van der Waals surface area contributed by atoms with E-state index in [2.05, 4.69) is 45.1 Å². The van der Waals surface area contributed by atoms with Crippen molar-refractivity contribution < 1.29 is 28.6 Å². The van der Waals surface area contributed by atoms with Gasteiger partial charge in [0.25, 0.3) is 0 Å². The zero-order valence-corrected chi connectivity index (χ0v) is 34.6. The molecule has 0 fully saturated rings. The van der Waals surface area contributed by atoms with Gasteiger partial charge >= 0.3 is 17.9 Å². The van der Waals surface area contributed by atoms with Crippen molar-refractivity contribution in [3.8, 4) is 0 Å². The molecule has 0 saturated heterocycles. The average molecular weight is 733 g/mol. The molecule has 0 heterocycles. The second-order valence-corrected chi connectivity index (χ2v) is 15.0. The first-order valence-electron chi connectivity index (χ1n) is 22.3. The smallest absolute Gasteiger partial charge is 0.306 e. The van der Waals surface area contributed by atoms with E-state index in [4.69, 9.17) is 14.2 Å². The van der Waals surface area contributed by atoms with Gasteiger partial charge in [0.15, 0.2) is 6.10 Å². The van der Waals surface area contributed by atoms with E-state index in [1.165, 1.54) is 109 Å². The molecule has 0 amide bonds. The number of esters is 3. The van der Waals surface area contributed by atoms with Crippen LogP contribution in [0.25, 0.3) is 0 Å². The molecule has 1 atom stereocenters. The quantitative estimate of drug-likeness (QED) is 0.0270. The molecule has 6 nitrogen and oxygen atoms in total. The van der Waals surface area contributed by atoms with E-state index in [1.807, 2.05) is 0 Å². The molecule has 0 aromatic rings. The topological polar surface area (TPSA) is 78.9 Å². The van der Waals surface area contributed by atoms with E-state index in [1.54, 1.807) is 0 Å². The fourth-order valence-corrected chi connectivity index (χ4v) is 6.30. The van der Waals surface area contributed by atoms with Gasteiger partial charge in [-0.25, -0.2) is 0 Å². The summed E-state index contributed by atoms with van der Waals surface area (Å²) >= 11 is 0. The second kappa shape index (κ2) is 41.6. The van der Waals surface area contributed by atoms with E-state index in [-0.39, 0.29) is 31.1 Å². The molecule has 304 valence electrons. The van der Waals surface area contributed by atoms with Crippen LogP contribution in [-0.2, 0) is 28.6 Å². The molecule has 0 aliphatic carbocycles. The Bertz CT molecular complexity index is 850. The van der Waals surface area contributed by atoms with Crippen LogP contribution in [0.1, 0.15) is 233 Å². The van der Waals surface area contributed by atoms with Crippen LogP contribution < -0.4 is 0 Å². The molecule has 52 heavy (non-hydrogen) atoms. The SMILES string of the molecule is CCC/C=C\C/C=C\CCCCCCCC(=O)OCC(COC(=O)CCCCCCCCCCCC)OC(=O)CCCCCCCCCCCCC. The standard InChI is InChI=1S/C46H84O6/c1-4-7-10-13-16-19-22-23-25-27-30-33-36-39-45(48)51-42-43(41-50-44(47)38-35-32-29-26-21-18-15-12-9-6-3)52-46(49)40-37-34-31-28-24-20-17-14-11-8-5-2/h10,13,19,22,43H,4-9,11-12,14-18,20-21,23-42H2,1-3H3/b13-10-,22-19-. The van der Waals surface area contributed by atoms with Gasteiger partial charge in [0.2, 0.25) is 0 Å². The molecule has 0 aromatic heterocycles. The molecule has 0 saturated carbocycles. The zero-order chi connectivity index (χ0) is 38.0. The van der Waals surface area contributed by atoms with E-state index >= 15 is 0 Å². The highest BCUT2D eigenvalue weighted by atomic mass is 16.6. The Morgan fingerprint density at radius 1 is 0.385 bits per heavy atom. The molecule has 0 radical (unpaired) electrons. The third-order valence-electron chi connectivity index (χ3n) is 9.69. The molecular weight excluding hydrogens is 648 g/mol. The summed E-state index contributed by atoms with van der Waals surface area (Å²) < 4.78 is 16.7. The van der Waals surface area contributed by atoms with Crippen LogP contribution in [0.2, 0.25) is 0 Å². The van der Waals surface area contributed by atoms with Crippen LogP contribution in [0.15, 0.2) is 24.3 Å². The molecule has 0 bridgehead atoms. The Hall–Kier alpha value is -2.11. The van der Waals surface area contributed by atoms with Gasteiger partial charge < -0.3 is 14.2 Å². The molecule has 0 spiro atoms. The van der Waals surface area contributed by atoms with E-state index in [9.17, 15) is 14.4 Å². The summed E-state index contributed by atoms with van der Waals surface area (Å²) in [6.07, 6.45) is 44.4. The lowest BCUT2D eigenvalue weighted by molar-refractivity contribution is -0.167. The third-order valence-corrected chi connectivity index (χ3v) is 9.69. The zero-order valence-electron chi connectivity index (χ0n) is 34.6. The van der Waals surface area contributed by atoms with Crippen LogP contribution in [0, 0.1) is 0 Å². The van der Waals surface area contributed by atoms with Crippen molar-refractivity contribution >= 4 is 17.9 Å². The highest BCUT2D eigenvalue weighted by Crippen LogP contribution is 2.15. The van der Waals surface area contributed by atoms with Gasteiger partial charge in [0.05, 0.1) is 0 Å². The van der Waals surface area contributed by atoms with Crippen molar-refractivity contribution in [1.29, 1.82) is 0 Å². The Morgan fingerprint density at radius 2 is 0.731 bits per heavy atom. The highest BCUT2D eigenvalue weighted by Gasteiger charge is 2.19. The number of hydrogen-bond acceptors (Lipinski definition) is 6. The van der Waals surface area contributed by atoms with Crippen LogP contribution in [0.3, 0.4) is 0 Å². The van der Waals surface area contributed by atoms with Gasteiger partial charge in [0, 0.05) is 19.3 Å². The fourth-order valence-electron chi connectivity index (χ4n) is 6.30. The highest BCUT2D eigenvalue weighted by molar-refractivity contribution is 5.71. The molecular formula is C46H84O6. The van der Waals surface area contributed by atoms with Crippen LogP contribution in [-0.4, -0.2) is 37.2 Å². The lowest BCUT2D eigenvalue weighted by Crippen LogP contribution is -2.30. The predicted octanol–water partition coefficient (Wildman–Crippen LogP) is 14.0. The third kappa shape index (κ3) is 39.1. The van der Waals surface area contributed by atoms with Crippen molar-refractivity contribution in [3.63, 3.8) is 0 Å². The normalized spacial score (nSPS) is 12.1. The predicted molar refractivity (Wildman–Crippen MR) is 219 cm³/mol. The van der Waals surface area contributed by atoms with E-state index < -0.39 is 6.10 Å². The van der Waals surface area contributed by atoms with Crippen molar-refractivity contribution in [1.82, 2.24) is 0 Å². The van der Waals surface area contributed by atoms with Gasteiger partial charge in [-0.15, -0.1) is 0 Å². The fraction of sp³-hybridized carbons (Fsp3) is 0.848. The maximum absolute atomic E-state index is 12.7. The molecule has 0 N–H and O–H groups in total. The molecule has 0 aliphatic rings. The average Bonchev–Trinajstić information content (AvgIpc) is 3.14. The largest absolute Gasteiger partial charge is 0.462 e. The lowest BCUT2D eigenvalue weighted by Gasteiger charge is -2.18. The number of carbonyl (C=O) groups is 3. The number of rotatable bonds is 40. The number of carbonyl (C=O) groups excluding carboxylic acids is 3. The summed E-state index contributed by atoms with van der Waals surface area (Å²) in [5, 5.41) is 0.